The van der Waals surface area contributed by atoms with Gasteiger partial charge in [-0.25, -0.2) is 0 Å². The molecule has 1 fully saturated rings. The zero-order valence-electron chi connectivity index (χ0n) is 15.3. The maximum absolute atomic E-state index is 12.7. The van der Waals surface area contributed by atoms with Crippen molar-refractivity contribution in [1.29, 1.82) is 0 Å². The summed E-state index contributed by atoms with van der Waals surface area (Å²) in [5.41, 5.74) is 2.98. The highest BCUT2D eigenvalue weighted by molar-refractivity contribution is 5.94. The van der Waals surface area contributed by atoms with Gasteiger partial charge in [0.05, 0.1) is 0 Å². The van der Waals surface area contributed by atoms with Crippen LogP contribution >= 0.6 is 0 Å². The normalized spacial score (nSPS) is 14.9. The number of carbonyl (C=O) groups is 2. The zero-order valence-corrected chi connectivity index (χ0v) is 15.3. The number of benzene rings is 2. The van der Waals surface area contributed by atoms with E-state index in [9.17, 15) is 9.59 Å². The van der Waals surface area contributed by atoms with Gasteiger partial charge in [-0.15, -0.1) is 0 Å². The minimum absolute atomic E-state index is 0.0722. The summed E-state index contributed by atoms with van der Waals surface area (Å²) in [6.45, 7) is 3.39. The van der Waals surface area contributed by atoms with E-state index >= 15 is 0 Å². The fraction of sp³-hybridized carbons (Fsp3) is 0.364. The fourth-order valence-electron chi connectivity index (χ4n) is 3.37. The molecule has 1 aliphatic heterocycles. The third-order valence-electron chi connectivity index (χ3n) is 4.86. The van der Waals surface area contributed by atoms with Crippen molar-refractivity contribution in [3.8, 4) is 11.1 Å². The Hall–Kier alpha value is -2.62. The molecule has 0 spiro atoms. The molecule has 1 N–H and O–H groups in total. The van der Waals surface area contributed by atoms with Gasteiger partial charge in [-0.05, 0) is 42.5 Å². The number of hydrogen-bond donors (Lipinski definition) is 1. The molecule has 136 valence electrons. The quantitative estimate of drug-likeness (QED) is 0.890. The van der Waals surface area contributed by atoms with E-state index in [-0.39, 0.29) is 17.9 Å². The molecule has 4 heteroatoms. The van der Waals surface area contributed by atoms with E-state index in [4.69, 9.17) is 0 Å². The first-order valence-corrected chi connectivity index (χ1v) is 9.41. The van der Waals surface area contributed by atoms with Gasteiger partial charge in [0.25, 0.3) is 5.91 Å². The van der Waals surface area contributed by atoms with Gasteiger partial charge in [0.15, 0.2) is 0 Å². The highest BCUT2D eigenvalue weighted by Crippen LogP contribution is 2.21. The Kier molecular flexibility index (Phi) is 6.05. The molecule has 2 aromatic carbocycles. The summed E-state index contributed by atoms with van der Waals surface area (Å²) in [5, 5.41) is 3.07. The summed E-state index contributed by atoms with van der Waals surface area (Å²) in [6.07, 6.45) is 3.08. The lowest BCUT2D eigenvalue weighted by Gasteiger charge is -2.32. The van der Waals surface area contributed by atoms with E-state index in [1.807, 2.05) is 54.3 Å². The van der Waals surface area contributed by atoms with Crippen molar-refractivity contribution in [3.63, 3.8) is 0 Å². The van der Waals surface area contributed by atoms with Gasteiger partial charge < -0.3 is 10.2 Å². The number of piperidine rings is 1. The van der Waals surface area contributed by atoms with Gasteiger partial charge in [0.1, 0.15) is 0 Å². The lowest BCUT2D eigenvalue weighted by Crippen LogP contribution is -2.46. The van der Waals surface area contributed by atoms with Crippen LogP contribution in [-0.4, -0.2) is 35.8 Å². The van der Waals surface area contributed by atoms with Crippen LogP contribution in [0.4, 0.5) is 0 Å². The topological polar surface area (TPSA) is 49.4 Å². The lowest BCUT2D eigenvalue weighted by molar-refractivity contribution is -0.122. The number of carbonyl (C=O) groups excluding carboxylic acids is 2. The van der Waals surface area contributed by atoms with E-state index in [0.717, 1.165) is 36.0 Å². The first-order valence-electron chi connectivity index (χ1n) is 9.41. The van der Waals surface area contributed by atoms with Gasteiger partial charge in [0.2, 0.25) is 5.91 Å². The van der Waals surface area contributed by atoms with Crippen LogP contribution in [0.3, 0.4) is 0 Å². The highest BCUT2D eigenvalue weighted by atomic mass is 16.2. The molecule has 2 amide bonds. The number of nitrogens with one attached hydrogen (secondary N) is 1. The second-order valence-corrected chi connectivity index (χ2v) is 6.83. The molecular formula is C22H26N2O2. The number of hydrogen-bond acceptors (Lipinski definition) is 2. The predicted molar refractivity (Wildman–Crippen MR) is 104 cm³/mol. The van der Waals surface area contributed by atoms with E-state index in [1.165, 1.54) is 0 Å². The minimum Gasteiger partial charge on any atom is -0.353 e. The maximum atomic E-state index is 12.7. The summed E-state index contributed by atoms with van der Waals surface area (Å²) in [4.78, 5) is 26.3. The average molecular weight is 350 g/mol. The molecule has 0 unspecified atom stereocenters. The Morgan fingerprint density at radius 1 is 0.962 bits per heavy atom. The van der Waals surface area contributed by atoms with Crippen LogP contribution in [0.2, 0.25) is 0 Å². The molecule has 0 aliphatic carbocycles. The average Bonchev–Trinajstić information content (AvgIpc) is 2.69. The monoisotopic (exact) mass is 350 g/mol. The van der Waals surface area contributed by atoms with Crippen molar-refractivity contribution in [2.45, 2.75) is 38.6 Å². The Morgan fingerprint density at radius 2 is 1.58 bits per heavy atom. The van der Waals surface area contributed by atoms with Gasteiger partial charge in [-0.2, -0.15) is 0 Å². The molecule has 1 heterocycles. The van der Waals surface area contributed by atoms with Gasteiger partial charge in [-0.1, -0.05) is 49.4 Å². The zero-order chi connectivity index (χ0) is 18.4. The van der Waals surface area contributed by atoms with Crippen LogP contribution in [0.5, 0.6) is 0 Å². The van der Waals surface area contributed by atoms with Crippen LogP contribution in [0, 0.1) is 0 Å². The Labute approximate surface area is 155 Å². The first kappa shape index (κ1) is 18.2. The van der Waals surface area contributed by atoms with E-state index in [1.54, 1.807) is 0 Å². The Bertz CT molecular complexity index is 732. The Balaban J connectivity index is 1.56. The molecular weight excluding hydrogens is 324 g/mol. The van der Waals surface area contributed by atoms with Gasteiger partial charge >= 0.3 is 0 Å². The lowest BCUT2D eigenvalue weighted by atomic mass is 10.0. The molecule has 0 bridgehead atoms. The fourth-order valence-corrected chi connectivity index (χ4v) is 3.37. The van der Waals surface area contributed by atoms with Crippen LogP contribution in [-0.2, 0) is 4.79 Å². The van der Waals surface area contributed by atoms with Crippen molar-refractivity contribution >= 4 is 11.8 Å². The van der Waals surface area contributed by atoms with Crippen LogP contribution in [0.1, 0.15) is 43.0 Å². The van der Waals surface area contributed by atoms with Crippen LogP contribution < -0.4 is 5.32 Å². The van der Waals surface area contributed by atoms with E-state index in [2.05, 4.69) is 17.4 Å². The standard InChI is InChI=1S/C22H26N2O2/c1-2-6-21(25)23-20-13-15-24(16-14-20)22(26)19-11-9-18(10-12-19)17-7-4-3-5-8-17/h3-5,7-12,20H,2,6,13-16H2,1H3,(H,23,25). The maximum Gasteiger partial charge on any atom is 0.253 e. The molecule has 0 aromatic heterocycles. The summed E-state index contributed by atoms with van der Waals surface area (Å²) in [5.74, 6) is 0.191. The summed E-state index contributed by atoms with van der Waals surface area (Å²) >= 11 is 0. The molecule has 26 heavy (non-hydrogen) atoms. The summed E-state index contributed by atoms with van der Waals surface area (Å²) in [7, 11) is 0. The van der Waals surface area contributed by atoms with Crippen molar-refractivity contribution in [2.75, 3.05) is 13.1 Å². The summed E-state index contributed by atoms with van der Waals surface area (Å²) < 4.78 is 0. The number of rotatable bonds is 5. The molecule has 1 aliphatic rings. The van der Waals surface area contributed by atoms with Crippen LogP contribution in [0.15, 0.2) is 54.6 Å². The van der Waals surface area contributed by atoms with Crippen molar-refractivity contribution < 1.29 is 9.59 Å². The molecule has 0 saturated carbocycles. The van der Waals surface area contributed by atoms with E-state index in [0.29, 0.717) is 19.5 Å². The van der Waals surface area contributed by atoms with Crippen molar-refractivity contribution in [2.24, 2.45) is 0 Å². The first-order chi connectivity index (χ1) is 12.7. The largest absolute Gasteiger partial charge is 0.353 e. The van der Waals surface area contributed by atoms with Gasteiger partial charge in [-0.3, -0.25) is 9.59 Å². The number of nitrogens with zero attached hydrogens (tertiary/aromatic N) is 1. The molecule has 1 saturated heterocycles. The smallest absolute Gasteiger partial charge is 0.253 e. The minimum atomic E-state index is 0.0722. The predicted octanol–water partition coefficient (Wildman–Crippen LogP) is 3.87. The Morgan fingerprint density at radius 3 is 2.19 bits per heavy atom. The summed E-state index contributed by atoms with van der Waals surface area (Å²) in [6, 6.07) is 18.1. The highest BCUT2D eigenvalue weighted by Gasteiger charge is 2.24. The second-order valence-electron chi connectivity index (χ2n) is 6.83. The number of amides is 2. The molecule has 4 nitrogen and oxygen atoms in total. The molecule has 3 rings (SSSR count). The SMILES string of the molecule is CCCC(=O)NC1CCN(C(=O)c2ccc(-c3ccccc3)cc2)CC1. The van der Waals surface area contributed by atoms with Crippen molar-refractivity contribution in [3.05, 3.63) is 60.2 Å². The van der Waals surface area contributed by atoms with Crippen molar-refractivity contribution in [1.82, 2.24) is 10.2 Å². The molecule has 0 radical (unpaired) electrons. The molecule has 2 aromatic rings. The number of likely N-dealkylation sites (tertiary alicyclic amines) is 1. The van der Waals surface area contributed by atoms with Crippen LogP contribution in [0.25, 0.3) is 11.1 Å². The third kappa shape index (κ3) is 4.51. The third-order valence-corrected chi connectivity index (χ3v) is 4.86. The van der Waals surface area contributed by atoms with E-state index < -0.39 is 0 Å². The second kappa shape index (κ2) is 8.65. The molecule has 0 atom stereocenters. The van der Waals surface area contributed by atoms with Gasteiger partial charge in [0, 0.05) is 31.1 Å².